The second-order valence-corrected chi connectivity index (χ2v) is 7.92. The van der Waals surface area contributed by atoms with Gasteiger partial charge in [-0.25, -0.2) is 0 Å². The minimum Gasteiger partial charge on any atom is -0.394 e. The van der Waals surface area contributed by atoms with E-state index in [-0.39, 0.29) is 37.0 Å². The van der Waals surface area contributed by atoms with Crippen molar-refractivity contribution in [3.8, 4) is 0 Å². The molecule has 0 bridgehead atoms. The third kappa shape index (κ3) is 6.15. The summed E-state index contributed by atoms with van der Waals surface area (Å²) >= 11 is 11.9. The first-order valence-electron chi connectivity index (χ1n) is 9.64. The quantitative estimate of drug-likeness (QED) is 0.600. The fraction of sp³-hybridized carbons (Fsp3) is 0.381. The van der Waals surface area contributed by atoms with E-state index in [1.54, 1.807) is 36.5 Å². The van der Waals surface area contributed by atoms with Crippen LogP contribution in [0.5, 0.6) is 0 Å². The molecule has 2 heterocycles. The van der Waals surface area contributed by atoms with Gasteiger partial charge in [-0.15, -0.1) is 0 Å². The van der Waals surface area contributed by atoms with Gasteiger partial charge in [0.15, 0.2) is 0 Å². The van der Waals surface area contributed by atoms with E-state index in [4.69, 9.17) is 27.9 Å². The zero-order valence-corrected chi connectivity index (χ0v) is 17.7. The van der Waals surface area contributed by atoms with Crippen molar-refractivity contribution in [1.82, 2.24) is 15.6 Å². The molecule has 2 aromatic rings. The molecule has 2 amide bonds. The third-order valence-electron chi connectivity index (χ3n) is 4.92. The lowest BCUT2D eigenvalue weighted by molar-refractivity contribution is -0.131. The van der Waals surface area contributed by atoms with E-state index in [0.717, 1.165) is 5.56 Å². The third-order valence-corrected chi connectivity index (χ3v) is 5.66. The van der Waals surface area contributed by atoms with Crippen molar-refractivity contribution in [2.45, 2.75) is 44.1 Å². The molecule has 3 N–H and O–H groups in total. The highest BCUT2D eigenvalue weighted by Crippen LogP contribution is 2.24. The Kier molecular flexibility index (Phi) is 8.04. The molecule has 1 aliphatic rings. The van der Waals surface area contributed by atoms with Crippen molar-refractivity contribution in [3.05, 3.63) is 63.9 Å². The Morgan fingerprint density at radius 2 is 2.03 bits per heavy atom. The Morgan fingerprint density at radius 3 is 2.73 bits per heavy atom. The maximum atomic E-state index is 12.3. The highest BCUT2D eigenvalue weighted by Gasteiger charge is 2.33. The Morgan fingerprint density at radius 1 is 1.20 bits per heavy atom. The summed E-state index contributed by atoms with van der Waals surface area (Å²) in [6.07, 6.45) is 3.52. The smallest absolute Gasteiger partial charge is 0.253 e. The van der Waals surface area contributed by atoms with Crippen molar-refractivity contribution >= 4 is 35.0 Å². The number of amides is 2. The molecule has 3 atom stereocenters. The molecule has 30 heavy (non-hydrogen) atoms. The highest BCUT2D eigenvalue weighted by atomic mass is 35.5. The van der Waals surface area contributed by atoms with Crippen molar-refractivity contribution in [3.63, 3.8) is 0 Å². The number of aliphatic hydroxyl groups excluding tert-OH is 1. The summed E-state index contributed by atoms with van der Waals surface area (Å²) in [5.41, 5.74) is 1.28. The summed E-state index contributed by atoms with van der Waals surface area (Å²) < 4.78 is 5.86. The summed E-state index contributed by atoms with van der Waals surface area (Å²) in [4.78, 5) is 28.5. The molecule has 7 nitrogen and oxygen atoms in total. The molecule has 160 valence electrons. The normalized spacial score (nSPS) is 21.1. The zero-order chi connectivity index (χ0) is 21.5. The topological polar surface area (TPSA) is 101 Å². The maximum absolute atomic E-state index is 12.3. The molecular formula is C21H23Cl2N3O4. The molecule has 1 aromatic heterocycles. The van der Waals surface area contributed by atoms with E-state index in [9.17, 15) is 14.7 Å². The van der Waals surface area contributed by atoms with Crippen molar-refractivity contribution in [2.75, 3.05) is 6.61 Å². The SMILES string of the molecule is O=C(C[C@H]1CC[C@@H](NC(=O)c2cccnc2)[C@H](CO)O1)NCc1ccc(Cl)c(Cl)c1. The van der Waals surface area contributed by atoms with Crippen LogP contribution in [-0.2, 0) is 16.1 Å². The van der Waals surface area contributed by atoms with E-state index >= 15 is 0 Å². The maximum Gasteiger partial charge on any atom is 0.253 e. The van der Waals surface area contributed by atoms with E-state index in [1.165, 1.54) is 6.20 Å². The van der Waals surface area contributed by atoms with Crippen LogP contribution in [0.3, 0.4) is 0 Å². The number of carbonyl (C=O) groups excluding carboxylic acids is 2. The second kappa shape index (κ2) is 10.7. The van der Waals surface area contributed by atoms with Crippen LogP contribution in [0.25, 0.3) is 0 Å². The first-order valence-corrected chi connectivity index (χ1v) is 10.4. The largest absolute Gasteiger partial charge is 0.394 e. The fourth-order valence-corrected chi connectivity index (χ4v) is 3.65. The number of nitrogens with zero attached hydrogens (tertiary/aromatic N) is 1. The molecule has 1 saturated heterocycles. The predicted octanol–water partition coefficient (Wildman–Crippen LogP) is 2.73. The van der Waals surface area contributed by atoms with Gasteiger partial charge < -0.3 is 20.5 Å². The molecule has 0 radical (unpaired) electrons. The van der Waals surface area contributed by atoms with Gasteiger partial charge in [-0.05, 0) is 42.7 Å². The first-order chi connectivity index (χ1) is 14.5. The average Bonchev–Trinajstić information content (AvgIpc) is 2.76. The number of hydrogen-bond donors (Lipinski definition) is 3. The molecule has 0 unspecified atom stereocenters. The molecular weight excluding hydrogens is 429 g/mol. The number of carbonyl (C=O) groups is 2. The van der Waals surface area contributed by atoms with Crippen LogP contribution >= 0.6 is 23.2 Å². The Balaban J connectivity index is 1.47. The van der Waals surface area contributed by atoms with E-state index < -0.39 is 6.10 Å². The lowest BCUT2D eigenvalue weighted by atomic mass is 9.96. The lowest BCUT2D eigenvalue weighted by Gasteiger charge is -2.36. The van der Waals surface area contributed by atoms with Gasteiger partial charge >= 0.3 is 0 Å². The van der Waals surface area contributed by atoms with Crippen molar-refractivity contribution in [1.29, 1.82) is 0 Å². The number of ether oxygens (including phenoxy) is 1. The number of benzene rings is 1. The van der Waals surface area contributed by atoms with Crippen LogP contribution < -0.4 is 10.6 Å². The first kappa shape index (κ1) is 22.5. The molecule has 9 heteroatoms. The van der Waals surface area contributed by atoms with Crippen molar-refractivity contribution in [2.24, 2.45) is 0 Å². The molecule has 1 aromatic carbocycles. The minimum atomic E-state index is -0.577. The van der Waals surface area contributed by atoms with Gasteiger partial charge in [-0.3, -0.25) is 14.6 Å². The van der Waals surface area contributed by atoms with Crippen LogP contribution in [-0.4, -0.2) is 46.8 Å². The highest BCUT2D eigenvalue weighted by molar-refractivity contribution is 6.42. The van der Waals surface area contributed by atoms with Crippen molar-refractivity contribution < 1.29 is 19.4 Å². The minimum absolute atomic E-state index is 0.166. The summed E-state index contributed by atoms with van der Waals surface area (Å²) in [7, 11) is 0. The monoisotopic (exact) mass is 451 g/mol. The van der Waals surface area contributed by atoms with Crippen LogP contribution in [0, 0.1) is 0 Å². The Labute approximate surface area is 184 Å². The average molecular weight is 452 g/mol. The van der Waals surface area contributed by atoms with E-state index in [1.807, 2.05) is 0 Å². The second-order valence-electron chi connectivity index (χ2n) is 7.11. The molecule has 1 fully saturated rings. The summed E-state index contributed by atoms with van der Waals surface area (Å²) in [6, 6.07) is 8.20. The van der Waals surface area contributed by atoms with Gasteiger partial charge in [-0.1, -0.05) is 29.3 Å². The van der Waals surface area contributed by atoms with Gasteiger partial charge in [-0.2, -0.15) is 0 Å². The summed E-state index contributed by atoms with van der Waals surface area (Å²) in [6.45, 7) is 0.0784. The van der Waals surface area contributed by atoms with Crippen LogP contribution in [0.2, 0.25) is 10.0 Å². The van der Waals surface area contributed by atoms with E-state index in [0.29, 0.717) is 35.0 Å². The molecule has 0 spiro atoms. The lowest BCUT2D eigenvalue weighted by Crippen LogP contribution is -2.51. The standard InChI is InChI=1S/C21H23Cl2N3O4/c22-16-5-3-13(8-17(16)23)10-25-20(28)9-15-4-6-18(19(12-27)30-15)26-21(29)14-2-1-7-24-11-14/h1-3,5,7-8,11,15,18-19,27H,4,6,9-10,12H2,(H,25,28)(H,26,29)/t15-,18-,19+/m1/s1. The van der Waals surface area contributed by atoms with Crippen LogP contribution in [0.15, 0.2) is 42.7 Å². The Hall–Kier alpha value is -2.19. The number of nitrogens with one attached hydrogen (secondary N) is 2. The van der Waals surface area contributed by atoms with Gasteiger partial charge in [0.05, 0.1) is 40.8 Å². The molecule has 0 aliphatic carbocycles. The summed E-state index contributed by atoms with van der Waals surface area (Å²) in [5, 5.41) is 16.3. The number of halogens is 2. The molecule has 1 aliphatic heterocycles. The number of rotatable bonds is 7. The number of hydrogen-bond acceptors (Lipinski definition) is 5. The van der Waals surface area contributed by atoms with Gasteiger partial charge in [0.1, 0.15) is 6.10 Å². The Bertz CT molecular complexity index is 882. The number of aliphatic hydroxyl groups is 1. The van der Waals surface area contributed by atoms with Crippen LogP contribution in [0.1, 0.15) is 35.2 Å². The fourth-order valence-electron chi connectivity index (χ4n) is 3.32. The number of aromatic nitrogens is 1. The molecule has 3 rings (SSSR count). The van der Waals surface area contributed by atoms with Gasteiger partial charge in [0.25, 0.3) is 5.91 Å². The molecule has 0 saturated carbocycles. The van der Waals surface area contributed by atoms with E-state index in [2.05, 4.69) is 15.6 Å². The number of pyridine rings is 1. The van der Waals surface area contributed by atoms with Gasteiger partial charge in [0, 0.05) is 18.9 Å². The van der Waals surface area contributed by atoms with Gasteiger partial charge in [0.2, 0.25) is 5.91 Å². The summed E-state index contributed by atoms with van der Waals surface area (Å²) in [5.74, 6) is -0.437. The predicted molar refractivity (Wildman–Crippen MR) is 113 cm³/mol. The zero-order valence-electron chi connectivity index (χ0n) is 16.2. The van der Waals surface area contributed by atoms with Crippen LogP contribution in [0.4, 0.5) is 0 Å².